The Morgan fingerprint density at radius 3 is 3.17 bits per heavy atom. The molecule has 4 aromatic heterocycles. The van der Waals surface area contributed by atoms with Crippen LogP contribution in [0.2, 0.25) is 0 Å². The lowest BCUT2D eigenvalue weighted by Gasteiger charge is -2.06. The Morgan fingerprint density at radius 2 is 2.26 bits per heavy atom. The summed E-state index contributed by atoms with van der Waals surface area (Å²) in [5, 5.41) is 5.43. The third-order valence-corrected chi connectivity index (χ3v) is 4.55. The molecule has 4 aromatic rings. The third kappa shape index (κ3) is 2.51. The molecule has 0 aliphatic rings. The van der Waals surface area contributed by atoms with E-state index >= 15 is 0 Å². The number of aromatic amines is 1. The van der Waals surface area contributed by atoms with Crippen molar-refractivity contribution in [3.05, 3.63) is 70.0 Å². The zero-order valence-corrected chi connectivity index (χ0v) is 12.8. The Balaban J connectivity index is 1.55. The second-order valence-electron chi connectivity index (χ2n) is 5.16. The average molecular weight is 324 g/mol. The molecule has 0 aromatic carbocycles. The van der Waals surface area contributed by atoms with E-state index in [1.807, 2.05) is 34.2 Å². The Morgan fingerprint density at radius 1 is 1.35 bits per heavy atom. The van der Waals surface area contributed by atoms with Gasteiger partial charge in [0.05, 0.1) is 22.7 Å². The van der Waals surface area contributed by atoms with E-state index in [1.54, 1.807) is 18.6 Å². The summed E-state index contributed by atoms with van der Waals surface area (Å²) in [7, 11) is 0. The maximum absolute atomic E-state index is 12.3. The van der Waals surface area contributed by atoms with E-state index in [0.717, 1.165) is 16.5 Å². The number of hydrogen-bond acceptors (Lipinski definition) is 4. The first-order chi connectivity index (χ1) is 11.2. The quantitative estimate of drug-likeness (QED) is 0.606. The maximum Gasteiger partial charge on any atom is 0.268 e. The number of pyridine rings is 2. The highest BCUT2D eigenvalue weighted by Crippen LogP contribution is 2.16. The molecule has 0 aliphatic heterocycles. The first-order valence-corrected chi connectivity index (χ1v) is 7.88. The molecule has 0 atom stereocenters. The van der Waals surface area contributed by atoms with Gasteiger partial charge in [-0.15, -0.1) is 11.3 Å². The van der Waals surface area contributed by atoms with E-state index in [-0.39, 0.29) is 17.2 Å². The van der Waals surface area contributed by atoms with Crippen LogP contribution in [-0.2, 0) is 6.54 Å². The van der Waals surface area contributed by atoms with Crippen molar-refractivity contribution >= 4 is 32.8 Å². The van der Waals surface area contributed by atoms with Gasteiger partial charge < -0.3 is 14.7 Å². The number of amides is 1. The summed E-state index contributed by atoms with van der Waals surface area (Å²) in [6.45, 7) is 0.372. The number of rotatable bonds is 3. The zero-order chi connectivity index (χ0) is 15.8. The van der Waals surface area contributed by atoms with Crippen molar-refractivity contribution in [1.29, 1.82) is 0 Å². The van der Waals surface area contributed by atoms with Crippen molar-refractivity contribution in [2.45, 2.75) is 6.54 Å². The van der Waals surface area contributed by atoms with Gasteiger partial charge in [-0.2, -0.15) is 0 Å². The fraction of sp³-hybridized carbons (Fsp3) is 0.0625. The summed E-state index contributed by atoms with van der Waals surface area (Å²) < 4.78 is 2.52. The number of fused-ring (bicyclic) bond motifs is 2. The van der Waals surface area contributed by atoms with Crippen LogP contribution < -0.4 is 10.9 Å². The first-order valence-electron chi connectivity index (χ1n) is 7.00. The summed E-state index contributed by atoms with van der Waals surface area (Å²) >= 11 is 1.36. The molecular weight excluding hydrogens is 312 g/mol. The molecule has 4 heterocycles. The van der Waals surface area contributed by atoms with Crippen molar-refractivity contribution < 1.29 is 4.79 Å². The van der Waals surface area contributed by atoms with Gasteiger partial charge in [-0.05, 0) is 29.1 Å². The van der Waals surface area contributed by atoms with E-state index < -0.39 is 0 Å². The second-order valence-corrected chi connectivity index (χ2v) is 6.08. The van der Waals surface area contributed by atoms with Crippen molar-refractivity contribution in [2.24, 2.45) is 0 Å². The molecule has 0 spiro atoms. The van der Waals surface area contributed by atoms with Crippen molar-refractivity contribution in [3.63, 3.8) is 0 Å². The normalized spacial score (nSPS) is 11.1. The molecule has 0 saturated heterocycles. The second kappa shape index (κ2) is 5.36. The number of thiophene rings is 1. The standard InChI is InChI=1S/C16H12N4O2S/c21-15(13-5-11-3-4-23-14(11)16(22)19-13)18-6-10-1-2-12-7-17-9-20(12)8-10/h1-5,7-9H,6H2,(H,18,21)(H,19,22). The smallest absolute Gasteiger partial charge is 0.268 e. The van der Waals surface area contributed by atoms with Crippen LogP contribution in [0.4, 0.5) is 0 Å². The third-order valence-electron chi connectivity index (χ3n) is 3.62. The predicted octanol–water partition coefficient (Wildman–Crippen LogP) is 2.17. The number of aromatic nitrogens is 3. The summed E-state index contributed by atoms with van der Waals surface area (Å²) in [4.78, 5) is 30.9. The lowest BCUT2D eigenvalue weighted by atomic mass is 10.2. The molecule has 0 bridgehead atoms. The predicted molar refractivity (Wildman–Crippen MR) is 88.8 cm³/mol. The highest BCUT2D eigenvalue weighted by molar-refractivity contribution is 7.17. The molecule has 6 nitrogen and oxygen atoms in total. The SMILES string of the molecule is O=C(NCc1ccc2cncn2c1)c1cc2ccsc2c(=O)[nH]1. The zero-order valence-electron chi connectivity index (χ0n) is 11.9. The Kier molecular flexibility index (Phi) is 3.20. The van der Waals surface area contributed by atoms with Crippen LogP contribution in [0.5, 0.6) is 0 Å². The number of H-pyrrole nitrogens is 1. The van der Waals surface area contributed by atoms with Crippen molar-refractivity contribution in [1.82, 2.24) is 19.7 Å². The molecule has 0 aliphatic carbocycles. The average Bonchev–Trinajstić information content (AvgIpc) is 3.20. The molecule has 23 heavy (non-hydrogen) atoms. The van der Waals surface area contributed by atoms with Gasteiger partial charge in [0.2, 0.25) is 0 Å². The lowest BCUT2D eigenvalue weighted by molar-refractivity contribution is 0.0946. The van der Waals surface area contributed by atoms with Gasteiger partial charge in [0.15, 0.2) is 0 Å². The van der Waals surface area contributed by atoms with Crippen LogP contribution in [0.15, 0.2) is 53.2 Å². The van der Waals surface area contributed by atoms with Crippen molar-refractivity contribution in [3.8, 4) is 0 Å². The Bertz CT molecular complexity index is 1080. The minimum atomic E-state index is -0.305. The highest BCUT2D eigenvalue weighted by atomic mass is 32.1. The van der Waals surface area contributed by atoms with Gasteiger partial charge in [0.25, 0.3) is 11.5 Å². The molecule has 1 amide bonds. The number of carbonyl (C=O) groups is 1. The molecule has 114 valence electrons. The van der Waals surface area contributed by atoms with Crippen LogP contribution in [0.25, 0.3) is 15.6 Å². The van der Waals surface area contributed by atoms with Gasteiger partial charge in [-0.1, -0.05) is 6.07 Å². The Labute approximate surface area is 134 Å². The van der Waals surface area contributed by atoms with Gasteiger partial charge in [-0.3, -0.25) is 9.59 Å². The summed E-state index contributed by atoms with van der Waals surface area (Å²) in [6, 6.07) is 7.40. The molecule has 7 heteroatoms. The molecule has 0 fully saturated rings. The summed E-state index contributed by atoms with van der Waals surface area (Å²) in [6.07, 6.45) is 5.39. The van der Waals surface area contributed by atoms with Crippen LogP contribution in [0.3, 0.4) is 0 Å². The minimum absolute atomic E-state index is 0.234. The van der Waals surface area contributed by atoms with E-state index in [1.165, 1.54) is 11.3 Å². The number of hydrogen-bond donors (Lipinski definition) is 2. The number of imidazole rings is 1. The number of nitrogens with one attached hydrogen (secondary N) is 2. The van der Waals surface area contributed by atoms with Gasteiger partial charge >= 0.3 is 0 Å². The van der Waals surface area contributed by atoms with Gasteiger partial charge in [-0.25, -0.2) is 4.98 Å². The highest BCUT2D eigenvalue weighted by Gasteiger charge is 2.10. The number of nitrogens with zero attached hydrogens (tertiary/aromatic N) is 2. The molecule has 0 radical (unpaired) electrons. The molecule has 0 unspecified atom stereocenters. The van der Waals surface area contributed by atoms with E-state index in [4.69, 9.17) is 0 Å². The van der Waals surface area contributed by atoms with Crippen molar-refractivity contribution in [2.75, 3.05) is 0 Å². The van der Waals surface area contributed by atoms with E-state index in [2.05, 4.69) is 15.3 Å². The monoisotopic (exact) mass is 324 g/mol. The summed E-state index contributed by atoms with van der Waals surface area (Å²) in [5.74, 6) is -0.305. The van der Waals surface area contributed by atoms with Crippen LogP contribution >= 0.6 is 11.3 Å². The van der Waals surface area contributed by atoms with Crippen LogP contribution in [0, 0.1) is 0 Å². The fourth-order valence-corrected chi connectivity index (χ4v) is 3.23. The van der Waals surface area contributed by atoms with Gasteiger partial charge in [0, 0.05) is 18.1 Å². The minimum Gasteiger partial charge on any atom is -0.347 e. The Hall–Kier alpha value is -2.93. The number of carbonyl (C=O) groups excluding carboxylic acids is 1. The van der Waals surface area contributed by atoms with E-state index in [9.17, 15) is 9.59 Å². The van der Waals surface area contributed by atoms with E-state index in [0.29, 0.717) is 11.2 Å². The largest absolute Gasteiger partial charge is 0.347 e. The topological polar surface area (TPSA) is 79.3 Å². The van der Waals surface area contributed by atoms with Crippen LogP contribution in [0.1, 0.15) is 16.1 Å². The molecule has 4 rings (SSSR count). The lowest BCUT2D eigenvalue weighted by Crippen LogP contribution is -2.26. The first kappa shape index (κ1) is 13.7. The molecular formula is C16H12N4O2S. The van der Waals surface area contributed by atoms with Gasteiger partial charge in [0.1, 0.15) is 5.69 Å². The van der Waals surface area contributed by atoms with Crippen LogP contribution in [-0.4, -0.2) is 20.3 Å². The molecule has 2 N–H and O–H groups in total. The fourth-order valence-electron chi connectivity index (χ4n) is 2.46. The summed E-state index contributed by atoms with van der Waals surface area (Å²) in [5.41, 5.74) is 1.97. The molecule has 0 saturated carbocycles. The maximum atomic E-state index is 12.3.